The number of hydrazone groups is 1. The number of nitro benzene ring substituents is 1. The molecule has 0 aliphatic heterocycles. The van der Waals surface area contributed by atoms with E-state index in [1.807, 2.05) is 0 Å². The van der Waals surface area contributed by atoms with Gasteiger partial charge in [0.1, 0.15) is 18.1 Å². The van der Waals surface area contributed by atoms with Gasteiger partial charge in [-0.1, -0.05) is 12.1 Å². The SMILES string of the molecule is COc1cc(/C=N\Nc2ccc(C(F)(F)F)cc2[N+](=O)[O-])cc(Br)c1OCc1cccc(F)c1. The predicted molar refractivity (Wildman–Crippen MR) is 121 cm³/mol. The number of benzene rings is 3. The Morgan fingerprint density at radius 1 is 1.18 bits per heavy atom. The average Bonchev–Trinajstić information content (AvgIpc) is 2.77. The molecule has 0 unspecified atom stereocenters. The summed E-state index contributed by atoms with van der Waals surface area (Å²) in [6.07, 6.45) is -3.42. The second kappa shape index (κ2) is 10.5. The van der Waals surface area contributed by atoms with Gasteiger partial charge in [-0.3, -0.25) is 15.5 Å². The van der Waals surface area contributed by atoms with Gasteiger partial charge < -0.3 is 9.47 Å². The topological polar surface area (TPSA) is 86.0 Å². The second-order valence-corrected chi connectivity index (χ2v) is 7.66. The maximum Gasteiger partial charge on any atom is 0.416 e. The van der Waals surface area contributed by atoms with Gasteiger partial charge in [0.2, 0.25) is 0 Å². The van der Waals surface area contributed by atoms with Crippen molar-refractivity contribution < 1.29 is 32.0 Å². The van der Waals surface area contributed by atoms with Crippen molar-refractivity contribution in [2.75, 3.05) is 12.5 Å². The molecule has 0 aromatic heterocycles. The van der Waals surface area contributed by atoms with Crippen LogP contribution in [0.15, 0.2) is 64.2 Å². The van der Waals surface area contributed by atoms with Crippen LogP contribution in [0.4, 0.5) is 28.9 Å². The van der Waals surface area contributed by atoms with Crippen LogP contribution in [0.25, 0.3) is 0 Å². The number of alkyl halides is 3. The van der Waals surface area contributed by atoms with E-state index in [-0.39, 0.29) is 18.1 Å². The molecule has 0 aliphatic rings. The van der Waals surface area contributed by atoms with Crippen molar-refractivity contribution in [3.05, 3.63) is 91.7 Å². The molecule has 0 atom stereocenters. The van der Waals surface area contributed by atoms with Crippen molar-refractivity contribution in [1.29, 1.82) is 0 Å². The van der Waals surface area contributed by atoms with Gasteiger partial charge in [-0.15, -0.1) is 0 Å². The zero-order chi connectivity index (χ0) is 24.9. The largest absolute Gasteiger partial charge is 0.493 e. The normalized spacial score (nSPS) is 11.5. The summed E-state index contributed by atoms with van der Waals surface area (Å²) in [5.41, 5.74) is 1.36. The number of nitrogens with zero attached hydrogens (tertiary/aromatic N) is 2. The second-order valence-electron chi connectivity index (χ2n) is 6.81. The van der Waals surface area contributed by atoms with Gasteiger partial charge >= 0.3 is 6.18 Å². The van der Waals surface area contributed by atoms with Crippen LogP contribution in [0.3, 0.4) is 0 Å². The molecule has 0 radical (unpaired) electrons. The summed E-state index contributed by atoms with van der Waals surface area (Å²) < 4.78 is 63.4. The van der Waals surface area contributed by atoms with Crippen LogP contribution >= 0.6 is 15.9 Å². The Labute approximate surface area is 199 Å². The van der Waals surface area contributed by atoms with Crippen LogP contribution in [-0.2, 0) is 12.8 Å². The first-order chi connectivity index (χ1) is 16.1. The van der Waals surface area contributed by atoms with Gasteiger partial charge in [-0.25, -0.2) is 4.39 Å². The highest BCUT2D eigenvalue weighted by Crippen LogP contribution is 2.37. The van der Waals surface area contributed by atoms with Gasteiger partial charge in [0.25, 0.3) is 5.69 Å². The minimum absolute atomic E-state index is 0.0826. The summed E-state index contributed by atoms with van der Waals surface area (Å²) in [6.45, 7) is 0.0826. The number of methoxy groups -OCH3 is 1. The first-order valence-electron chi connectivity index (χ1n) is 9.48. The van der Waals surface area contributed by atoms with E-state index in [2.05, 4.69) is 26.5 Å². The van der Waals surface area contributed by atoms with Crippen LogP contribution in [0, 0.1) is 15.9 Å². The monoisotopic (exact) mass is 541 g/mol. The minimum Gasteiger partial charge on any atom is -0.493 e. The van der Waals surface area contributed by atoms with Gasteiger partial charge in [0, 0.05) is 6.07 Å². The molecule has 0 heterocycles. The Hall–Kier alpha value is -3.67. The van der Waals surface area contributed by atoms with Gasteiger partial charge in [0.05, 0.1) is 28.3 Å². The quantitative estimate of drug-likeness (QED) is 0.151. The fraction of sp³-hybridized carbons (Fsp3) is 0.136. The van der Waals surface area contributed by atoms with E-state index in [1.54, 1.807) is 24.3 Å². The molecule has 0 aliphatic carbocycles. The molecule has 1 N–H and O–H groups in total. The number of anilines is 1. The summed E-state index contributed by atoms with van der Waals surface area (Å²) in [5.74, 6) is 0.294. The fourth-order valence-electron chi connectivity index (χ4n) is 2.87. The summed E-state index contributed by atoms with van der Waals surface area (Å²) in [7, 11) is 1.42. The number of rotatable bonds is 8. The molecule has 0 saturated heterocycles. The molecule has 178 valence electrons. The Kier molecular flexibility index (Phi) is 7.72. The number of halogens is 5. The van der Waals surface area contributed by atoms with Crippen molar-refractivity contribution in [1.82, 2.24) is 0 Å². The van der Waals surface area contributed by atoms with E-state index in [1.165, 1.54) is 25.5 Å². The Balaban J connectivity index is 1.78. The van der Waals surface area contributed by atoms with E-state index in [0.717, 1.165) is 12.1 Å². The smallest absolute Gasteiger partial charge is 0.416 e. The third-order valence-corrected chi connectivity index (χ3v) is 5.03. The number of nitro groups is 1. The van der Waals surface area contributed by atoms with Crippen molar-refractivity contribution in [3.8, 4) is 11.5 Å². The third-order valence-electron chi connectivity index (χ3n) is 4.44. The molecular weight excluding hydrogens is 526 g/mol. The molecule has 0 spiro atoms. The number of hydrogen-bond acceptors (Lipinski definition) is 6. The maximum atomic E-state index is 13.4. The van der Waals surface area contributed by atoms with Crippen molar-refractivity contribution in [3.63, 3.8) is 0 Å². The maximum absolute atomic E-state index is 13.4. The van der Waals surface area contributed by atoms with Crippen LogP contribution < -0.4 is 14.9 Å². The van der Waals surface area contributed by atoms with E-state index in [9.17, 15) is 27.7 Å². The van der Waals surface area contributed by atoms with Crippen LogP contribution in [0.2, 0.25) is 0 Å². The standard InChI is InChI=1S/C22H16BrF4N3O4/c1-33-20-9-14(8-17(23)21(20)34-12-13-3-2-4-16(24)7-13)11-28-29-18-6-5-15(22(25,26)27)10-19(18)30(31)32/h2-11,29H,12H2,1H3/b28-11-. The van der Waals surface area contributed by atoms with Crippen molar-refractivity contribution in [2.24, 2.45) is 5.10 Å². The number of hydrogen-bond donors (Lipinski definition) is 1. The van der Waals surface area contributed by atoms with Gasteiger partial charge in [0.15, 0.2) is 11.5 Å². The van der Waals surface area contributed by atoms with Crippen molar-refractivity contribution in [2.45, 2.75) is 12.8 Å². The first-order valence-corrected chi connectivity index (χ1v) is 10.3. The minimum atomic E-state index is -4.71. The summed E-state index contributed by atoms with van der Waals surface area (Å²) >= 11 is 3.36. The Morgan fingerprint density at radius 3 is 2.59 bits per heavy atom. The molecule has 3 aromatic carbocycles. The highest BCUT2D eigenvalue weighted by atomic mass is 79.9. The molecule has 7 nitrogen and oxygen atoms in total. The van der Waals surface area contributed by atoms with Gasteiger partial charge in [-0.05, 0) is 63.5 Å². The molecule has 34 heavy (non-hydrogen) atoms. The Morgan fingerprint density at radius 2 is 1.94 bits per heavy atom. The van der Waals surface area contributed by atoms with E-state index in [4.69, 9.17) is 9.47 Å². The molecule has 12 heteroatoms. The van der Waals surface area contributed by atoms with Crippen LogP contribution in [0.5, 0.6) is 11.5 Å². The zero-order valence-corrected chi connectivity index (χ0v) is 19.0. The third kappa shape index (κ3) is 6.22. The average molecular weight is 542 g/mol. The molecule has 0 saturated carbocycles. The lowest BCUT2D eigenvalue weighted by molar-refractivity contribution is -0.384. The number of ether oxygens (including phenoxy) is 2. The van der Waals surface area contributed by atoms with Crippen molar-refractivity contribution >= 4 is 33.5 Å². The summed E-state index contributed by atoms with van der Waals surface area (Å²) in [5, 5.41) is 15.0. The lowest BCUT2D eigenvalue weighted by atomic mass is 10.1. The van der Waals surface area contributed by atoms with Crippen LogP contribution in [-0.4, -0.2) is 18.2 Å². The van der Waals surface area contributed by atoms with E-state index >= 15 is 0 Å². The number of nitrogens with one attached hydrogen (secondary N) is 1. The molecule has 3 aromatic rings. The molecular formula is C22H16BrF4N3O4. The molecule has 0 amide bonds. The molecule has 0 bridgehead atoms. The highest BCUT2D eigenvalue weighted by Gasteiger charge is 2.33. The summed E-state index contributed by atoms with van der Waals surface area (Å²) in [6, 6.07) is 11.2. The first kappa shape index (κ1) is 25.0. The van der Waals surface area contributed by atoms with E-state index in [0.29, 0.717) is 33.2 Å². The lowest BCUT2D eigenvalue weighted by Gasteiger charge is -2.13. The Bertz CT molecular complexity index is 1240. The molecule has 3 rings (SSSR count). The fourth-order valence-corrected chi connectivity index (χ4v) is 3.44. The lowest BCUT2D eigenvalue weighted by Crippen LogP contribution is -2.06. The summed E-state index contributed by atoms with van der Waals surface area (Å²) in [4.78, 5) is 10.2. The zero-order valence-electron chi connectivity index (χ0n) is 17.4. The predicted octanol–water partition coefficient (Wildman–Crippen LogP) is 6.55. The highest BCUT2D eigenvalue weighted by molar-refractivity contribution is 9.10. The molecule has 0 fully saturated rings. The van der Waals surface area contributed by atoms with Crippen LogP contribution in [0.1, 0.15) is 16.7 Å². The van der Waals surface area contributed by atoms with Gasteiger partial charge in [-0.2, -0.15) is 18.3 Å². The van der Waals surface area contributed by atoms with E-state index < -0.39 is 22.4 Å².